The highest BCUT2D eigenvalue weighted by Crippen LogP contribution is 2.35. The van der Waals surface area contributed by atoms with E-state index in [9.17, 15) is 14.9 Å². The van der Waals surface area contributed by atoms with Crippen LogP contribution in [0.5, 0.6) is 0 Å². The molecular formula is C20H21N3O3. The van der Waals surface area contributed by atoms with Gasteiger partial charge in [-0.1, -0.05) is 31.4 Å². The third-order valence-electron chi connectivity index (χ3n) is 4.77. The number of anilines is 1. The van der Waals surface area contributed by atoms with E-state index in [2.05, 4.69) is 16.7 Å². The number of carbonyl (C=O) groups is 2. The van der Waals surface area contributed by atoms with Gasteiger partial charge in [0.05, 0.1) is 12.3 Å². The van der Waals surface area contributed by atoms with Crippen molar-refractivity contribution in [2.24, 2.45) is 5.41 Å². The largest absolute Gasteiger partial charge is 0.459 e. The molecule has 134 valence electrons. The fourth-order valence-electron chi connectivity index (χ4n) is 3.20. The summed E-state index contributed by atoms with van der Waals surface area (Å²) < 4.78 is 5.05. The minimum atomic E-state index is -0.880. The summed E-state index contributed by atoms with van der Waals surface area (Å²) in [6, 6.07) is 12.7. The first-order valence-electron chi connectivity index (χ1n) is 8.76. The molecule has 1 aromatic carbocycles. The Labute approximate surface area is 152 Å². The third kappa shape index (κ3) is 3.94. The topological polar surface area (TPSA) is 95.1 Å². The van der Waals surface area contributed by atoms with Crippen LogP contribution in [0, 0.1) is 16.7 Å². The van der Waals surface area contributed by atoms with E-state index in [1.165, 1.54) is 6.26 Å². The van der Waals surface area contributed by atoms with Crippen LogP contribution >= 0.6 is 0 Å². The molecular weight excluding hydrogens is 330 g/mol. The highest BCUT2D eigenvalue weighted by atomic mass is 16.3. The molecule has 1 aliphatic rings. The maximum absolute atomic E-state index is 12.5. The van der Waals surface area contributed by atoms with Crippen LogP contribution < -0.4 is 10.6 Å². The number of carbonyl (C=O) groups excluding carboxylic acids is 2. The number of amides is 2. The molecule has 2 N–H and O–H groups in total. The standard InChI is InChI=1S/C20H21N3O3/c21-14-20(10-2-1-3-11-20)19(25)22-13-15-6-8-16(9-7-15)23-18(24)17-5-4-12-26-17/h4-9,12H,1-3,10-11,13H2,(H,22,25)(H,23,24). The Bertz CT molecular complexity index is 798. The summed E-state index contributed by atoms with van der Waals surface area (Å²) in [4.78, 5) is 24.4. The van der Waals surface area contributed by atoms with E-state index in [0.29, 0.717) is 25.1 Å². The molecule has 1 fully saturated rings. The second-order valence-electron chi connectivity index (χ2n) is 6.57. The molecule has 26 heavy (non-hydrogen) atoms. The highest BCUT2D eigenvalue weighted by molar-refractivity contribution is 6.02. The molecule has 0 saturated heterocycles. The quantitative estimate of drug-likeness (QED) is 0.860. The van der Waals surface area contributed by atoms with Crippen LogP contribution in [0.2, 0.25) is 0 Å². The molecule has 0 bridgehead atoms. The van der Waals surface area contributed by atoms with Gasteiger partial charge in [0, 0.05) is 12.2 Å². The number of furan rings is 1. The second-order valence-corrected chi connectivity index (χ2v) is 6.57. The molecule has 1 aromatic heterocycles. The van der Waals surface area contributed by atoms with E-state index < -0.39 is 5.41 Å². The lowest BCUT2D eigenvalue weighted by molar-refractivity contribution is -0.129. The average Bonchev–Trinajstić information content (AvgIpc) is 3.22. The lowest BCUT2D eigenvalue weighted by Gasteiger charge is -2.29. The number of nitrogens with one attached hydrogen (secondary N) is 2. The van der Waals surface area contributed by atoms with Crippen LogP contribution in [0.25, 0.3) is 0 Å². The van der Waals surface area contributed by atoms with Gasteiger partial charge in [0.2, 0.25) is 5.91 Å². The summed E-state index contributed by atoms with van der Waals surface area (Å²) in [6.45, 7) is 0.356. The smallest absolute Gasteiger partial charge is 0.291 e. The summed E-state index contributed by atoms with van der Waals surface area (Å²) in [6.07, 6.45) is 5.64. The first kappa shape index (κ1) is 17.7. The van der Waals surface area contributed by atoms with Crippen molar-refractivity contribution in [3.8, 4) is 6.07 Å². The summed E-state index contributed by atoms with van der Waals surface area (Å²) >= 11 is 0. The molecule has 1 aliphatic carbocycles. The van der Waals surface area contributed by atoms with E-state index in [0.717, 1.165) is 24.8 Å². The van der Waals surface area contributed by atoms with Crippen molar-refractivity contribution >= 4 is 17.5 Å². The van der Waals surface area contributed by atoms with Crippen LogP contribution in [-0.2, 0) is 11.3 Å². The van der Waals surface area contributed by atoms with Crippen molar-refractivity contribution in [2.45, 2.75) is 38.6 Å². The first-order chi connectivity index (χ1) is 12.6. The highest BCUT2D eigenvalue weighted by Gasteiger charge is 2.39. The van der Waals surface area contributed by atoms with Gasteiger partial charge >= 0.3 is 0 Å². The Morgan fingerprint density at radius 2 is 1.85 bits per heavy atom. The van der Waals surface area contributed by atoms with Crippen molar-refractivity contribution in [2.75, 3.05) is 5.32 Å². The summed E-state index contributed by atoms with van der Waals surface area (Å²) in [5.41, 5.74) is 0.662. The zero-order valence-corrected chi connectivity index (χ0v) is 14.5. The number of rotatable bonds is 5. The molecule has 1 saturated carbocycles. The zero-order chi connectivity index (χ0) is 18.4. The lowest BCUT2D eigenvalue weighted by Crippen LogP contribution is -2.41. The number of hydrogen-bond donors (Lipinski definition) is 2. The van der Waals surface area contributed by atoms with E-state index in [1.54, 1.807) is 24.3 Å². The minimum absolute atomic E-state index is 0.185. The Hall–Kier alpha value is -3.07. The van der Waals surface area contributed by atoms with Crippen LogP contribution in [-0.4, -0.2) is 11.8 Å². The number of hydrogen-bond acceptors (Lipinski definition) is 4. The molecule has 6 heteroatoms. The monoisotopic (exact) mass is 351 g/mol. The van der Waals surface area contributed by atoms with E-state index in [4.69, 9.17) is 4.42 Å². The fraction of sp³-hybridized carbons (Fsp3) is 0.350. The molecule has 0 unspecified atom stereocenters. The number of benzene rings is 1. The van der Waals surface area contributed by atoms with Crippen LogP contribution in [0.15, 0.2) is 47.1 Å². The maximum atomic E-state index is 12.5. The molecule has 3 rings (SSSR count). The molecule has 0 spiro atoms. The van der Waals surface area contributed by atoms with Gasteiger partial charge < -0.3 is 15.1 Å². The minimum Gasteiger partial charge on any atom is -0.459 e. The Kier molecular flexibility index (Phi) is 5.37. The normalized spacial score (nSPS) is 15.7. The van der Waals surface area contributed by atoms with Crippen molar-refractivity contribution in [1.82, 2.24) is 5.32 Å². The van der Waals surface area contributed by atoms with Crippen LogP contribution in [0.3, 0.4) is 0 Å². The van der Waals surface area contributed by atoms with Crippen molar-refractivity contribution in [3.05, 3.63) is 54.0 Å². The predicted molar refractivity (Wildman–Crippen MR) is 96.1 cm³/mol. The molecule has 0 aliphatic heterocycles. The molecule has 6 nitrogen and oxygen atoms in total. The Morgan fingerprint density at radius 1 is 1.12 bits per heavy atom. The summed E-state index contributed by atoms with van der Waals surface area (Å²) in [5.74, 6) is -0.255. The summed E-state index contributed by atoms with van der Waals surface area (Å²) in [5, 5.41) is 15.1. The molecule has 1 heterocycles. The zero-order valence-electron chi connectivity index (χ0n) is 14.5. The second kappa shape index (κ2) is 7.87. The number of nitrogens with zero attached hydrogens (tertiary/aromatic N) is 1. The Morgan fingerprint density at radius 3 is 2.46 bits per heavy atom. The first-order valence-corrected chi connectivity index (χ1v) is 8.76. The van der Waals surface area contributed by atoms with Crippen LogP contribution in [0.4, 0.5) is 5.69 Å². The van der Waals surface area contributed by atoms with E-state index in [1.807, 2.05) is 12.1 Å². The van der Waals surface area contributed by atoms with Gasteiger partial charge in [-0.05, 0) is 42.7 Å². The van der Waals surface area contributed by atoms with Gasteiger partial charge in [-0.3, -0.25) is 9.59 Å². The molecule has 0 radical (unpaired) electrons. The van der Waals surface area contributed by atoms with Crippen LogP contribution in [0.1, 0.15) is 48.2 Å². The summed E-state index contributed by atoms with van der Waals surface area (Å²) in [7, 11) is 0. The van der Waals surface area contributed by atoms with E-state index >= 15 is 0 Å². The van der Waals surface area contributed by atoms with E-state index in [-0.39, 0.29) is 17.6 Å². The SMILES string of the molecule is N#CC1(C(=O)NCc2ccc(NC(=O)c3ccco3)cc2)CCCCC1. The van der Waals surface area contributed by atoms with Gasteiger partial charge in [-0.2, -0.15) is 5.26 Å². The van der Waals surface area contributed by atoms with Crippen molar-refractivity contribution < 1.29 is 14.0 Å². The lowest BCUT2D eigenvalue weighted by atomic mass is 9.74. The average molecular weight is 351 g/mol. The predicted octanol–water partition coefficient (Wildman–Crippen LogP) is 3.62. The van der Waals surface area contributed by atoms with Crippen molar-refractivity contribution in [3.63, 3.8) is 0 Å². The number of nitriles is 1. The third-order valence-corrected chi connectivity index (χ3v) is 4.77. The van der Waals surface area contributed by atoms with Gasteiger partial charge in [-0.25, -0.2) is 0 Å². The van der Waals surface area contributed by atoms with Gasteiger partial charge in [0.15, 0.2) is 5.76 Å². The fourth-order valence-corrected chi connectivity index (χ4v) is 3.20. The molecule has 0 atom stereocenters. The molecule has 2 amide bonds. The van der Waals surface area contributed by atoms with Crippen molar-refractivity contribution in [1.29, 1.82) is 5.26 Å². The maximum Gasteiger partial charge on any atom is 0.291 e. The van der Waals surface area contributed by atoms with Gasteiger partial charge in [0.1, 0.15) is 5.41 Å². The van der Waals surface area contributed by atoms with Gasteiger partial charge in [-0.15, -0.1) is 0 Å². The van der Waals surface area contributed by atoms with Gasteiger partial charge in [0.25, 0.3) is 5.91 Å². The Balaban J connectivity index is 1.55. The molecule has 2 aromatic rings.